The molecule has 0 aliphatic carbocycles. The number of para-hydroxylation sites is 1. The number of benzene rings is 1. The highest BCUT2D eigenvalue weighted by Gasteiger charge is 2.14. The van der Waals surface area contributed by atoms with Crippen molar-refractivity contribution in [2.45, 2.75) is 32.9 Å². The summed E-state index contributed by atoms with van der Waals surface area (Å²) in [5, 5.41) is 9.75. The van der Waals surface area contributed by atoms with E-state index in [9.17, 15) is 5.11 Å². The topological polar surface area (TPSA) is 23.5 Å². The van der Waals surface area contributed by atoms with E-state index in [4.69, 9.17) is 0 Å². The van der Waals surface area contributed by atoms with Gasteiger partial charge in [0, 0.05) is 23.8 Å². The molecule has 0 radical (unpaired) electrons. The van der Waals surface area contributed by atoms with Gasteiger partial charge >= 0.3 is 0 Å². The minimum atomic E-state index is -0.442. The Kier molecular flexibility index (Phi) is 4.56. The molecule has 2 heteroatoms. The van der Waals surface area contributed by atoms with E-state index >= 15 is 0 Å². The van der Waals surface area contributed by atoms with E-state index < -0.39 is 6.10 Å². The van der Waals surface area contributed by atoms with Crippen LogP contribution in [0.2, 0.25) is 0 Å². The third kappa shape index (κ3) is 2.86. The van der Waals surface area contributed by atoms with Gasteiger partial charge in [0.2, 0.25) is 0 Å². The van der Waals surface area contributed by atoms with Crippen LogP contribution in [-0.2, 0) is 0 Å². The highest BCUT2D eigenvalue weighted by Crippen LogP contribution is 2.27. The normalized spacial score (nSPS) is 12.6. The van der Waals surface area contributed by atoms with Gasteiger partial charge in [0.1, 0.15) is 0 Å². The van der Waals surface area contributed by atoms with E-state index in [1.54, 1.807) is 6.92 Å². The van der Waals surface area contributed by atoms with Crippen molar-refractivity contribution in [3.8, 4) is 0 Å². The number of hydrogen-bond acceptors (Lipinski definition) is 2. The van der Waals surface area contributed by atoms with Gasteiger partial charge in [0.25, 0.3) is 0 Å². The van der Waals surface area contributed by atoms with Crippen molar-refractivity contribution in [3.05, 3.63) is 42.5 Å². The number of aliphatic hydroxyl groups excluding tert-OH is 1. The molecular weight excluding hydrogens is 198 g/mol. The zero-order valence-electron chi connectivity index (χ0n) is 10.4. The Morgan fingerprint density at radius 2 is 1.94 bits per heavy atom. The van der Waals surface area contributed by atoms with Crippen LogP contribution in [0.4, 0.5) is 5.69 Å². The summed E-state index contributed by atoms with van der Waals surface area (Å²) in [7, 11) is 0. The zero-order chi connectivity index (χ0) is 12.1. The molecule has 2 nitrogen and oxygen atoms in total. The average molecular weight is 219 g/mol. The molecule has 1 rings (SSSR count). The second-order valence-corrected chi connectivity index (χ2v) is 4.27. The van der Waals surface area contributed by atoms with Crippen molar-refractivity contribution in [2.24, 2.45) is 0 Å². The fraction of sp³-hybridized carbons (Fsp3) is 0.429. The molecule has 1 atom stereocenters. The van der Waals surface area contributed by atoms with Crippen LogP contribution in [0.1, 0.15) is 32.4 Å². The Labute approximate surface area is 98.2 Å². The molecule has 0 fully saturated rings. The Morgan fingerprint density at radius 3 is 2.44 bits per heavy atom. The summed E-state index contributed by atoms with van der Waals surface area (Å²) in [6.45, 7) is 10.7. The lowest BCUT2D eigenvalue weighted by atomic mass is 10.1. The molecule has 16 heavy (non-hydrogen) atoms. The Hall–Kier alpha value is -1.28. The van der Waals surface area contributed by atoms with E-state index in [-0.39, 0.29) is 0 Å². The van der Waals surface area contributed by atoms with Gasteiger partial charge in [0.05, 0.1) is 6.10 Å². The maximum atomic E-state index is 9.75. The quantitative estimate of drug-likeness (QED) is 0.769. The first-order valence-corrected chi connectivity index (χ1v) is 5.72. The van der Waals surface area contributed by atoms with Crippen molar-refractivity contribution >= 4 is 5.69 Å². The standard InChI is InChI=1S/C14H21NO/c1-5-10-15(11(2)3)14-9-7-6-8-13(14)12(4)16/h5-9,11-12,16H,1,10H2,2-4H3/t12-/m0/s1. The van der Waals surface area contributed by atoms with Crippen molar-refractivity contribution in [1.29, 1.82) is 0 Å². The zero-order valence-corrected chi connectivity index (χ0v) is 10.4. The predicted molar refractivity (Wildman–Crippen MR) is 69.8 cm³/mol. The van der Waals surface area contributed by atoms with Crippen LogP contribution in [0.15, 0.2) is 36.9 Å². The molecule has 0 aliphatic heterocycles. The molecule has 1 aromatic carbocycles. The molecule has 0 aliphatic rings. The Morgan fingerprint density at radius 1 is 1.31 bits per heavy atom. The van der Waals surface area contributed by atoms with Crippen LogP contribution in [-0.4, -0.2) is 17.7 Å². The summed E-state index contributed by atoms with van der Waals surface area (Å²) in [5.74, 6) is 0. The summed E-state index contributed by atoms with van der Waals surface area (Å²) >= 11 is 0. The van der Waals surface area contributed by atoms with E-state index in [1.807, 2.05) is 30.3 Å². The average Bonchev–Trinajstić information content (AvgIpc) is 2.25. The number of anilines is 1. The minimum Gasteiger partial charge on any atom is -0.389 e. The summed E-state index contributed by atoms with van der Waals surface area (Å²) in [6, 6.07) is 8.36. The van der Waals surface area contributed by atoms with E-state index in [2.05, 4.69) is 25.3 Å². The van der Waals surface area contributed by atoms with Crippen LogP contribution in [0, 0.1) is 0 Å². The van der Waals surface area contributed by atoms with E-state index in [0.717, 1.165) is 17.8 Å². The third-order valence-corrected chi connectivity index (χ3v) is 2.65. The van der Waals surface area contributed by atoms with Gasteiger partial charge in [-0.15, -0.1) is 6.58 Å². The number of hydrogen-bond donors (Lipinski definition) is 1. The first kappa shape index (κ1) is 12.8. The van der Waals surface area contributed by atoms with Crippen LogP contribution >= 0.6 is 0 Å². The summed E-state index contributed by atoms with van der Waals surface area (Å²) in [6.07, 6.45) is 1.45. The second kappa shape index (κ2) is 5.71. The van der Waals surface area contributed by atoms with Gasteiger partial charge < -0.3 is 10.0 Å². The minimum absolute atomic E-state index is 0.387. The highest BCUT2D eigenvalue weighted by atomic mass is 16.3. The second-order valence-electron chi connectivity index (χ2n) is 4.27. The molecule has 0 spiro atoms. The smallest absolute Gasteiger partial charge is 0.0781 e. The maximum absolute atomic E-state index is 9.75. The number of aliphatic hydroxyl groups is 1. The highest BCUT2D eigenvalue weighted by molar-refractivity contribution is 5.55. The van der Waals surface area contributed by atoms with Gasteiger partial charge in [-0.3, -0.25) is 0 Å². The Bertz CT molecular complexity index is 344. The molecular formula is C14H21NO. The fourth-order valence-corrected chi connectivity index (χ4v) is 1.83. The Balaban J connectivity index is 3.12. The van der Waals surface area contributed by atoms with Gasteiger partial charge in [-0.2, -0.15) is 0 Å². The predicted octanol–water partition coefficient (Wildman–Crippen LogP) is 3.14. The lowest BCUT2D eigenvalue weighted by Crippen LogP contribution is -2.31. The molecule has 0 aromatic heterocycles. The lowest BCUT2D eigenvalue weighted by molar-refractivity contribution is 0.199. The third-order valence-electron chi connectivity index (χ3n) is 2.65. The fourth-order valence-electron chi connectivity index (χ4n) is 1.83. The first-order valence-electron chi connectivity index (χ1n) is 5.72. The van der Waals surface area contributed by atoms with Gasteiger partial charge in [0.15, 0.2) is 0 Å². The van der Waals surface area contributed by atoms with Gasteiger partial charge in [-0.1, -0.05) is 24.3 Å². The largest absolute Gasteiger partial charge is 0.389 e. The first-order chi connectivity index (χ1) is 7.57. The summed E-state index contributed by atoms with van der Waals surface area (Å²) < 4.78 is 0. The van der Waals surface area contributed by atoms with Crippen molar-refractivity contribution in [3.63, 3.8) is 0 Å². The summed E-state index contributed by atoms with van der Waals surface area (Å²) in [5.41, 5.74) is 2.06. The lowest BCUT2D eigenvalue weighted by Gasteiger charge is -2.30. The van der Waals surface area contributed by atoms with Gasteiger partial charge in [-0.25, -0.2) is 0 Å². The van der Waals surface area contributed by atoms with Crippen molar-refractivity contribution in [1.82, 2.24) is 0 Å². The van der Waals surface area contributed by atoms with Crippen LogP contribution in [0.3, 0.4) is 0 Å². The van der Waals surface area contributed by atoms with Crippen LogP contribution < -0.4 is 4.90 Å². The molecule has 0 saturated heterocycles. The van der Waals surface area contributed by atoms with Gasteiger partial charge in [-0.05, 0) is 26.8 Å². The molecule has 1 N–H and O–H groups in total. The molecule has 0 amide bonds. The monoisotopic (exact) mass is 219 g/mol. The molecule has 1 aromatic rings. The van der Waals surface area contributed by atoms with Crippen molar-refractivity contribution in [2.75, 3.05) is 11.4 Å². The van der Waals surface area contributed by atoms with Crippen molar-refractivity contribution < 1.29 is 5.11 Å². The number of nitrogens with zero attached hydrogens (tertiary/aromatic N) is 1. The molecule has 0 heterocycles. The SMILES string of the molecule is C=CCN(c1ccccc1[C@H](C)O)C(C)C. The molecule has 0 bridgehead atoms. The van der Waals surface area contributed by atoms with E-state index in [0.29, 0.717) is 6.04 Å². The number of rotatable bonds is 5. The molecule has 0 saturated carbocycles. The molecule has 88 valence electrons. The van der Waals surface area contributed by atoms with Crippen LogP contribution in [0.5, 0.6) is 0 Å². The molecule has 0 unspecified atom stereocenters. The maximum Gasteiger partial charge on any atom is 0.0781 e. The van der Waals surface area contributed by atoms with Crippen LogP contribution in [0.25, 0.3) is 0 Å². The van der Waals surface area contributed by atoms with E-state index in [1.165, 1.54) is 0 Å². The summed E-state index contributed by atoms with van der Waals surface area (Å²) in [4.78, 5) is 2.23.